The number of rotatable bonds is 3. The molecule has 1 heterocycles. The Labute approximate surface area is 162 Å². The summed E-state index contributed by atoms with van der Waals surface area (Å²) in [5.74, 6) is -0.225. The van der Waals surface area contributed by atoms with Crippen LogP contribution in [-0.2, 0) is 14.8 Å². The Morgan fingerprint density at radius 1 is 1.19 bits per heavy atom. The van der Waals surface area contributed by atoms with Crippen LogP contribution in [0.15, 0.2) is 61.7 Å². The lowest BCUT2D eigenvalue weighted by atomic mass is 10.2. The van der Waals surface area contributed by atoms with Crippen molar-refractivity contribution in [2.24, 2.45) is 10.1 Å². The fourth-order valence-corrected chi connectivity index (χ4v) is 3.80. The number of carbonyl (C=O) groups is 1. The SMILES string of the molecule is NS(=O)(=O)c1ccc(N=C2NC(=O)/C(=C\c3cc(O)ccc3Br)S2)cc1. The molecule has 1 fully saturated rings. The molecule has 4 N–H and O–H groups in total. The first-order chi connectivity index (χ1) is 12.2. The van der Waals surface area contributed by atoms with E-state index >= 15 is 0 Å². The van der Waals surface area contributed by atoms with Crippen LogP contribution in [0.4, 0.5) is 5.69 Å². The average Bonchev–Trinajstić information content (AvgIpc) is 2.90. The van der Waals surface area contributed by atoms with Gasteiger partial charge in [-0.15, -0.1) is 0 Å². The minimum atomic E-state index is -3.76. The first-order valence-electron chi connectivity index (χ1n) is 7.13. The minimum absolute atomic E-state index is 0.0149. The highest BCUT2D eigenvalue weighted by Crippen LogP contribution is 2.31. The number of hydrogen-bond donors (Lipinski definition) is 3. The average molecular weight is 454 g/mol. The molecular formula is C16H12BrN3O4S2. The molecule has 0 aliphatic carbocycles. The number of amidine groups is 1. The number of nitrogens with zero attached hydrogens (tertiary/aromatic N) is 1. The number of amides is 1. The maximum atomic E-state index is 12.1. The van der Waals surface area contributed by atoms with Crippen LogP contribution in [0.3, 0.4) is 0 Å². The molecule has 134 valence electrons. The Morgan fingerprint density at radius 2 is 1.88 bits per heavy atom. The van der Waals surface area contributed by atoms with E-state index in [2.05, 4.69) is 26.2 Å². The number of halogens is 1. The van der Waals surface area contributed by atoms with Crippen molar-refractivity contribution in [3.05, 3.63) is 57.4 Å². The number of phenolic OH excluding ortho intramolecular Hbond substituents is 1. The van der Waals surface area contributed by atoms with Crippen molar-refractivity contribution in [2.45, 2.75) is 4.90 Å². The second kappa shape index (κ2) is 7.23. The second-order valence-corrected chi connectivity index (χ2v) is 8.67. The molecular weight excluding hydrogens is 442 g/mol. The van der Waals surface area contributed by atoms with E-state index in [4.69, 9.17) is 5.14 Å². The van der Waals surface area contributed by atoms with Crippen molar-refractivity contribution in [3.8, 4) is 5.75 Å². The maximum absolute atomic E-state index is 12.1. The summed E-state index contributed by atoms with van der Waals surface area (Å²) in [5, 5.41) is 17.6. The van der Waals surface area contributed by atoms with Crippen molar-refractivity contribution < 1.29 is 18.3 Å². The second-order valence-electron chi connectivity index (χ2n) is 5.23. The summed E-state index contributed by atoms with van der Waals surface area (Å²) in [7, 11) is -3.76. The molecule has 0 aromatic heterocycles. The molecule has 0 bridgehead atoms. The van der Waals surface area contributed by atoms with Crippen molar-refractivity contribution in [3.63, 3.8) is 0 Å². The van der Waals surface area contributed by atoms with Crippen LogP contribution in [0.2, 0.25) is 0 Å². The monoisotopic (exact) mass is 453 g/mol. The molecule has 1 saturated heterocycles. The van der Waals surface area contributed by atoms with Crippen LogP contribution in [-0.4, -0.2) is 24.6 Å². The third-order valence-corrected chi connectivity index (χ3v) is 5.87. The van der Waals surface area contributed by atoms with Crippen LogP contribution in [0.1, 0.15) is 5.56 Å². The van der Waals surface area contributed by atoms with E-state index in [-0.39, 0.29) is 16.6 Å². The third-order valence-electron chi connectivity index (χ3n) is 3.31. The first-order valence-corrected chi connectivity index (χ1v) is 10.3. The van der Waals surface area contributed by atoms with Gasteiger partial charge < -0.3 is 10.4 Å². The van der Waals surface area contributed by atoms with Gasteiger partial charge in [0.15, 0.2) is 5.17 Å². The number of carbonyl (C=O) groups excluding carboxylic acids is 1. The van der Waals surface area contributed by atoms with Gasteiger partial charge in [0, 0.05) is 4.47 Å². The van der Waals surface area contributed by atoms with Crippen LogP contribution in [0, 0.1) is 0 Å². The fraction of sp³-hybridized carbons (Fsp3) is 0. The molecule has 1 amide bonds. The number of nitrogens with one attached hydrogen (secondary N) is 1. The van der Waals surface area contributed by atoms with Crippen molar-refractivity contribution in [2.75, 3.05) is 0 Å². The maximum Gasteiger partial charge on any atom is 0.264 e. The van der Waals surface area contributed by atoms with Gasteiger partial charge in [-0.1, -0.05) is 15.9 Å². The van der Waals surface area contributed by atoms with Gasteiger partial charge in [-0.05, 0) is 65.9 Å². The summed E-state index contributed by atoms with van der Waals surface area (Å²) >= 11 is 4.50. The molecule has 0 saturated carbocycles. The molecule has 0 atom stereocenters. The summed E-state index contributed by atoms with van der Waals surface area (Å²) in [5.41, 5.74) is 1.13. The quantitative estimate of drug-likeness (QED) is 0.616. The van der Waals surface area contributed by atoms with E-state index in [1.54, 1.807) is 12.1 Å². The number of sulfonamides is 1. The molecule has 0 radical (unpaired) electrons. The van der Waals surface area contributed by atoms with Gasteiger partial charge in [-0.25, -0.2) is 18.5 Å². The predicted octanol–water partition coefficient (Wildman–Crippen LogP) is 2.69. The number of aliphatic imine (C=N–C) groups is 1. The van der Waals surface area contributed by atoms with Gasteiger partial charge in [-0.2, -0.15) is 0 Å². The number of hydrogen-bond acceptors (Lipinski definition) is 6. The van der Waals surface area contributed by atoms with Crippen molar-refractivity contribution >= 4 is 60.6 Å². The summed E-state index contributed by atoms with van der Waals surface area (Å²) in [6, 6.07) is 10.4. The highest BCUT2D eigenvalue weighted by molar-refractivity contribution is 9.10. The van der Waals surface area contributed by atoms with Gasteiger partial charge in [0.1, 0.15) is 5.75 Å². The largest absolute Gasteiger partial charge is 0.508 e. The molecule has 0 unspecified atom stereocenters. The fourth-order valence-electron chi connectivity index (χ4n) is 2.09. The Bertz CT molecular complexity index is 1050. The third kappa shape index (κ3) is 4.33. The number of thioether (sulfide) groups is 1. The summed E-state index contributed by atoms with van der Waals surface area (Å²) < 4.78 is 23.2. The van der Waals surface area contributed by atoms with E-state index in [0.717, 1.165) is 16.2 Å². The van der Waals surface area contributed by atoms with Gasteiger partial charge in [0.2, 0.25) is 10.0 Å². The van der Waals surface area contributed by atoms with Crippen molar-refractivity contribution in [1.29, 1.82) is 0 Å². The van der Waals surface area contributed by atoms with Crippen LogP contribution in [0.25, 0.3) is 6.08 Å². The molecule has 26 heavy (non-hydrogen) atoms. The molecule has 0 spiro atoms. The van der Waals surface area contributed by atoms with E-state index in [1.807, 2.05) is 0 Å². The Hall–Kier alpha value is -2.14. The van der Waals surface area contributed by atoms with Crippen LogP contribution >= 0.6 is 27.7 Å². The van der Waals surface area contributed by atoms with Crippen LogP contribution in [0.5, 0.6) is 5.75 Å². The Balaban J connectivity index is 1.84. The first kappa shape index (κ1) is 18.6. The molecule has 3 rings (SSSR count). The van der Waals surface area contributed by atoms with Gasteiger partial charge in [0.25, 0.3) is 5.91 Å². The van der Waals surface area contributed by atoms with E-state index in [9.17, 15) is 18.3 Å². The Morgan fingerprint density at radius 3 is 2.54 bits per heavy atom. The molecule has 2 aromatic rings. The lowest BCUT2D eigenvalue weighted by Crippen LogP contribution is -2.19. The topological polar surface area (TPSA) is 122 Å². The highest BCUT2D eigenvalue weighted by Gasteiger charge is 2.24. The molecule has 1 aliphatic rings. The number of phenols is 1. The number of nitrogens with two attached hydrogens (primary N) is 1. The Kier molecular flexibility index (Phi) is 5.19. The summed E-state index contributed by atoms with van der Waals surface area (Å²) in [4.78, 5) is 16.8. The van der Waals surface area contributed by atoms with E-state index in [1.165, 1.54) is 36.4 Å². The molecule has 10 heteroatoms. The number of benzene rings is 2. The van der Waals surface area contributed by atoms with Gasteiger partial charge in [0.05, 0.1) is 15.5 Å². The standard InChI is InChI=1S/C16H12BrN3O4S2/c17-13-6-3-11(21)7-9(13)8-14-15(22)20-16(25-14)19-10-1-4-12(5-2-10)26(18,23)24/h1-8,21H,(H2,18,23,24)(H,19,20,22)/b14-8+. The zero-order valence-corrected chi connectivity index (χ0v) is 16.2. The lowest BCUT2D eigenvalue weighted by Gasteiger charge is -2.00. The van der Waals surface area contributed by atoms with Gasteiger partial charge >= 0.3 is 0 Å². The summed E-state index contributed by atoms with van der Waals surface area (Å²) in [6.07, 6.45) is 1.64. The lowest BCUT2D eigenvalue weighted by molar-refractivity contribution is -0.115. The number of primary sulfonamides is 1. The van der Waals surface area contributed by atoms with Gasteiger partial charge in [-0.3, -0.25) is 4.79 Å². The van der Waals surface area contributed by atoms with Crippen LogP contribution < -0.4 is 10.5 Å². The zero-order valence-electron chi connectivity index (χ0n) is 13.0. The summed E-state index contributed by atoms with van der Waals surface area (Å²) in [6.45, 7) is 0. The van der Waals surface area contributed by atoms with E-state index in [0.29, 0.717) is 21.3 Å². The number of aromatic hydroxyl groups is 1. The molecule has 2 aromatic carbocycles. The smallest absolute Gasteiger partial charge is 0.264 e. The molecule has 1 aliphatic heterocycles. The highest BCUT2D eigenvalue weighted by atomic mass is 79.9. The minimum Gasteiger partial charge on any atom is -0.508 e. The zero-order chi connectivity index (χ0) is 18.9. The predicted molar refractivity (Wildman–Crippen MR) is 104 cm³/mol. The molecule has 7 nitrogen and oxygen atoms in total. The van der Waals surface area contributed by atoms with Crippen molar-refractivity contribution in [1.82, 2.24) is 5.32 Å². The normalized spacial score (nSPS) is 17.7. The van der Waals surface area contributed by atoms with E-state index < -0.39 is 10.0 Å².